The summed E-state index contributed by atoms with van der Waals surface area (Å²) in [6.07, 6.45) is 3.89. The van der Waals surface area contributed by atoms with Gasteiger partial charge in [0.2, 0.25) is 5.78 Å². The molecule has 0 atom stereocenters. The second kappa shape index (κ2) is 5.86. The van der Waals surface area contributed by atoms with Crippen molar-refractivity contribution in [2.24, 2.45) is 0 Å². The summed E-state index contributed by atoms with van der Waals surface area (Å²) in [7, 11) is 0. The van der Waals surface area contributed by atoms with Crippen molar-refractivity contribution in [3.05, 3.63) is 24.2 Å². The Labute approximate surface area is 82.7 Å². The lowest BCUT2D eigenvalue weighted by Gasteiger charge is -1.97. The van der Waals surface area contributed by atoms with E-state index in [1.165, 1.54) is 19.1 Å². The SMILES string of the molecule is CCCCSCC(=O)c1ccco1. The van der Waals surface area contributed by atoms with Gasteiger partial charge in [-0.1, -0.05) is 13.3 Å². The number of hydrogen-bond donors (Lipinski definition) is 0. The van der Waals surface area contributed by atoms with E-state index in [4.69, 9.17) is 4.42 Å². The summed E-state index contributed by atoms with van der Waals surface area (Å²) in [5.74, 6) is 2.16. The summed E-state index contributed by atoms with van der Waals surface area (Å²) in [6, 6.07) is 3.45. The minimum atomic E-state index is 0.0890. The molecule has 13 heavy (non-hydrogen) atoms. The standard InChI is InChI=1S/C10H14O2S/c1-2-3-7-13-8-9(11)10-5-4-6-12-10/h4-6H,2-3,7-8H2,1H3. The number of thioether (sulfide) groups is 1. The molecular formula is C10H14O2S. The molecular weight excluding hydrogens is 184 g/mol. The smallest absolute Gasteiger partial charge is 0.207 e. The van der Waals surface area contributed by atoms with Gasteiger partial charge in [0.1, 0.15) is 0 Å². The van der Waals surface area contributed by atoms with Crippen LogP contribution in [0.2, 0.25) is 0 Å². The van der Waals surface area contributed by atoms with Gasteiger partial charge in [-0.15, -0.1) is 0 Å². The first-order valence-corrected chi connectivity index (χ1v) is 5.64. The molecule has 0 amide bonds. The maximum Gasteiger partial charge on any atom is 0.207 e. The number of ketones is 1. The van der Waals surface area contributed by atoms with Gasteiger partial charge in [0, 0.05) is 0 Å². The molecule has 0 aliphatic rings. The third-order valence-electron chi connectivity index (χ3n) is 1.67. The Morgan fingerprint density at radius 2 is 2.46 bits per heavy atom. The van der Waals surface area contributed by atoms with E-state index in [1.54, 1.807) is 23.9 Å². The lowest BCUT2D eigenvalue weighted by Crippen LogP contribution is -2.00. The van der Waals surface area contributed by atoms with Crippen LogP contribution in [-0.4, -0.2) is 17.3 Å². The Morgan fingerprint density at radius 3 is 3.08 bits per heavy atom. The van der Waals surface area contributed by atoms with Crippen LogP contribution in [0.5, 0.6) is 0 Å². The van der Waals surface area contributed by atoms with E-state index in [1.807, 2.05) is 0 Å². The molecule has 3 heteroatoms. The van der Waals surface area contributed by atoms with Crippen molar-refractivity contribution in [2.45, 2.75) is 19.8 Å². The average molecular weight is 198 g/mol. The molecule has 72 valence electrons. The minimum absolute atomic E-state index is 0.0890. The van der Waals surface area contributed by atoms with Gasteiger partial charge in [0.15, 0.2) is 5.76 Å². The maximum atomic E-state index is 11.4. The fourth-order valence-electron chi connectivity index (χ4n) is 0.920. The monoisotopic (exact) mass is 198 g/mol. The first-order chi connectivity index (χ1) is 6.34. The lowest BCUT2D eigenvalue weighted by atomic mass is 10.3. The molecule has 0 aromatic carbocycles. The van der Waals surface area contributed by atoms with Crippen LogP contribution in [0.15, 0.2) is 22.8 Å². The zero-order valence-corrected chi connectivity index (χ0v) is 8.60. The Kier molecular flexibility index (Phi) is 4.68. The molecule has 0 aliphatic heterocycles. The van der Waals surface area contributed by atoms with E-state index in [0.717, 1.165) is 5.75 Å². The molecule has 1 aromatic rings. The molecule has 0 fully saturated rings. The molecule has 0 N–H and O–H groups in total. The summed E-state index contributed by atoms with van der Waals surface area (Å²) in [5.41, 5.74) is 0. The Balaban J connectivity index is 2.19. The Morgan fingerprint density at radius 1 is 1.62 bits per heavy atom. The number of unbranched alkanes of at least 4 members (excludes halogenated alkanes) is 1. The van der Waals surface area contributed by atoms with Crippen LogP contribution in [0.3, 0.4) is 0 Å². The quantitative estimate of drug-likeness (QED) is 0.520. The van der Waals surface area contributed by atoms with E-state index in [9.17, 15) is 4.79 Å². The number of carbonyl (C=O) groups excluding carboxylic acids is 1. The van der Waals surface area contributed by atoms with Crippen LogP contribution < -0.4 is 0 Å². The van der Waals surface area contributed by atoms with E-state index in [2.05, 4.69) is 6.92 Å². The van der Waals surface area contributed by atoms with Gasteiger partial charge in [-0.25, -0.2) is 0 Å². The van der Waals surface area contributed by atoms with Crippen molar-refractivity contribution in [3.63, 3.8) is 0 Å². The number of furan rings is 1. The highest BCUT2D eigenvalue weighted by Crippen LogP contribution is 2.09. The van der Waals surface area contributed by atoms with E-state index in [-0.39, 0.29) is 5.78 Å². The van der Waals surface area contributed by atoms with Crippen LogP contribution in [0.4, 0.5) is 0 Å². The number of Topliss-reactive ketones (excluding diaryl/α,β-unsaturated/α-hetero) is 1. The molecule has 0 saturated heterocycles. The first-order valence-electron chi connectivity index (χ1n) is 4.49. The van der Waals surface area contributed by atoms with Crippen LogP contribution in [0, 0.1) is 0 Å². The molecule has 1 rings (SSSR count). The second-order valence-corrected chi connectivity index (χ2v) is 3.91. The molecule has 0 bridgehead atoms. The van der Waals surface area contributed by atoms with Crippen molar-refractivity contribution in [1.29, 1.82) is 0 Å². The summed E-state index contributed by atoms with van der Waals surface area (Å²) in [4.78, 5) is 11.4. The van der Waals surface area contributed by atoms with Gasteiger partial charge in [0.05, 0.1) is 12.0 Å². The number of hydrogen-bond acceptors (Lipinski definition) is 3. The van der Waals surface area contributed by atoms with Crippen molar-refractivity contribution in [3.8, 4) is 0 Å². The fraction of sp³-hybridized carbons (Fsp3) is 0.500. The zero-order valence-electron chi connectivity index (χ0n) is 7.79. The van der Waals surface area contributed by atoms with Crippen molar-refractivity contribution in [2.75, 3.05) is 11.5 Å². The summed E-state index contributed by atoms with van der Waals surface area (Å²) >= 11 is 1.67. The molecule has 0 unspecified atom stereocenters. The second-order valence-electron chi connectivity index (χ2n) is 2.81. The predicted molar refractivity (Wildman–Crippen MR) is 55.3 cm³/mol. The molecule has 0 radical (unpaired) electrons. The normalized spacial score (nSPS) is 10.2. The molecule has 0 aliphatic carbocycles. The average Bonchev–Trinajstić information content (AvgIpc) is 2.65. The highest BCUT2D eigenvalue weighted by Gasteiger charge is 2.07. The van der Waals surface area contributed by atoms with Crippen LogP contribution in [0.1, 0.15) is 30.3 Å². The topological polar surface area (TPSA) is 30.2 Å². The highest BCUT2D eigenvalue weighted by molar-refractivity contribution is 7.99. The summed E-state index contributed by atoms with van der Waals surface area (Å²) in [5, 5.41) is 0. The molecule has 0 saturated carbocycles. The van der Waals surface area contributed by atoms with E-state index in [0.29, 0.717) is 11.5 Å². The van der Waals surface area contributed by atoms with Gasteiger partial charge in [-0.3, -0.25) is 4.79 Å². The summed E-state index contributed by atoms with van der Waals surface area (Å²) in [6.45, 7) is 2.15. The Hall–Kier alpha value is -0.700. The maximum absolute atomic E-state index is 11.4. The zero-order chi connectivity index (χ0) is 9.52. The molecule has 1 heterocycles. The van der Waals surface area contributed by atoms with Crippen LogP contribution in [0.25, 0.3) is 0 Å². The third kappa shape index (κ3) is 3.68. The van der Waals surface area contributed by atoms with E-state index >= 15 is 0 Å². The lowest BCUT2D eigenvalue weighted by molar-refractivity contribution is 0.0992. The number of carbonyl (C=O) groups is 1. The summed E-state index contributed by atoms with van der Waals surface area (Å²) < 4.78 is 4.99. The number of rotatable bonds is 6. The van der Waals surface area contributed by atoms with Gasteiger partial charge >= 0.3 is 0 Å². The molecule has 2 nitrogen and oxygen atoms in total. The van der Waals surface area contributed by atoms with Crippen LogP contribution in [-0.2, 0) is 0 Å². The highest BCUT2D eigenvalue weighted by atomic mass is 32.2. The predicted octanol–water partition coefficient (Wildman–Crippen LogP) is 3.00. The van der Waals surface area contributed by atoms with Gasteiger partial charge in [-0.05, 0) is 24.3 Å². The van der Waals surface area contributed by atoms with Gasteiger partial charge < -0.3 is 4.42 Å². The van der Waals surface area contributed by atoms with Crippen molar-refractivity contribution < 1.29 is 9.21 Å². The molecule has 0 spiro atoms. The van der Waals surface area contributed by atoms with Gasteiger partial charge in [0.25, 0.3) is 0 Å². The fourth-order valence-corrected chi connectivity index (χ4v) is 1.88. The minimum Gasteiger partial charge on any atom is -0.461 e. The largest absolute Gasteiger partial charge is 0.461 e. The van der Waals surface area contributed by atoms with E-state index < -0.39 is 0 Å². The first kappa shape index (κ1) is 10.4. The van der Waals surface area contributed by atoms with Crippen molar-refractivity contribution >= 4 is 17.5 Å². The molecule has 1 aromatic heterocycles. The van der Waals surface area contributed by atoms with Crippen LogP contribution >= 0.6 is 11.8 Å². The third-order valence-corrected chi connectivity index (χ3v) is 2.72. The van der Waals surface area contributed by atoms with Crippen molar-refractivity contribution in [1.82, 2.24) is 0 Å². The Bertz CT molecular complexity index is 241. The van der Waals surface area contributed by atoms with Gasteiger partial charge in [-0.2, -0.15) is 11.8 Å².